The van der Waals surface area contributed by atoms with Gasteiger partial charge in [-0.25, -0.2) is 4.79 Å². The molecule has 2 N–H and O–H groups in total. The Morgan fingerprint density at radius 3 is 2.53 bits per heavy atom. The van der Waals surface area contributed by atoms with Gasteiger partial charge in [0.15, 0.2) is 0 Å². The lowest BCUT2D eigenvalue weighted by Crippen LogP contribution is -2.24. The van der Waals surface area contributed by atoms with Crippen LogP contribution in [-0.4, -0.2) is 15.6 Å². The SMILES string of the molecule is CC(Nc1ccc(-n2cc[nH]c2=O)cc1)C1(C)CC1. The summed E-state index contributed by atoms with van der Waals surface area (Å²) in [5, 5.41) is 3.54. The highest BCUT2D eigenvalue weighted by Crippen LogP contribution is 2.48. The van der Waals surface area contributed by atoms with Gasteiger partial charge in [-0.2, -0.15) is 0 Å². The Bertz CT molecular complexity index is 619. The average Bonchev–Trinajstić information content (AvgIpc) is 3.01. The Balaban J connectivity index is 1.76. The molecule has 3 rings (SSSR count). The van der Waals surface area contributed by atoms with E-state index in [0.717, 1.165) is 11.4 Å². The van der Waals surface area contributed by atoms with E-state index in [4.69, 9.17) is 0 Å². The number of aromatic nitrogens is 2. The zero-order valence-corrected chi connectivity index (χ0v) is 11.3. The number of H-pyrrole nitrogens is 1. The molecule has 1 atom stereocenters. The van der Waals surface area contributed by atoms with E-state index in [2.05, 4.69) is 24.1 Å². The molecule has 0 aliphatic heterocycles. The Morgan fingerprint density at radius 2 is 2.00 bits per heavy atom. The third-order valence-corrected chi connectivity index (χ3v) is 4.26. The fourth-order valence-corrected chi connectivity index (χ4v) is 2.30. The summed E-state index contributed by atoms with van der Waals surface area (Å²) >= 11 is 0. The van der Waals surface area contributed by atoms with Crippen molar-refractivity contribution in [1.82, 2.24) is 9.55 Å². The third kappa shape index (κ3) is 2.30. The van der Waals surface area contributed by atoms with E-state index in [1.807, 2.05) is 24.3 Å². The molecule has 1 aliphatic rings. The van der Waals surface area contributed by atoms with Gasteiger partial charge in [0.25, 0.3) is 0 Å². The minimum atomic E-state index is -0.112. The quantitative estimate of drug-likeness (QED) is 0.885. The molecule has 4 heteroatoms. The number of rotatable bonds is 4. The van der Waals surface area contributed by atoms with Gasteiger partial charge in [0.05, 0.1) is 5.69 Å². The molecule has 1 aromatic heterocycles. The first-order valence-corrected chi connectivity index (χ1v) is 6.71. The Morgan fingerprint density at radius 1 is 1.32 bits per heavy atom. The molecule has 1 aliphatic carbocycles. The van der Waals surface area contributed by atoms with Crippen LogP contribution in [0.2, 0.25) is 0 Å². The van der Waals surface area contributed by atoms with Gasteiger partial charge in [0, 0.05) is 24.1 Å². The van der Waals surface area contributed by atoms with E-state index in [1.54, 1.807) is 17.0 Å². The van der Waals surface area contributed by atoms with Gasteiger partial charge in [-0.3, -0.25) is 4.57 Å². The van der Waals surface area contributed by atoms with Crippen LogP contribution in [-0.2, 0) is 0 Å². The maximum Gasteiger partial charge on any atom is 0.330 e. The van der Waals surface area contributed by atoms with Crippen molar-refractivity contribution >= 4 is 5.69 Å². The molecule has 0 amide bonds. The molecule has 1 fully saturated rings. The van der Waals surface area contributed by atoms with Crippen LogP contribution in [0.25, 0.3) is 5.69 Å². The van der Waals surface area contributed by atoms with Crippen molar-refractivity contribution in [3.63, 3.8) is 0 Å². The van der Waals surface area contributed by atoms with E-state index in [-0.39, 0.29) is 5.69 Å². The zero-order valence-electron chi connectivity index (χ0n) is 11.3. The van der Waals surface area contributed by atoms with E-state index >= 15 is 0 Å². The van der Waals surface area contributed by atoms with Crippen LogP contribution in [0.3, 0.4) is 0 Å². The van der Waals surface area contributed by atoms with E-state index in [9.17, 15) is 4.79 Å². The van der Waals surface area contributed by atoms with Gasteiger partial charge >= 0.3 is 5.69 Å². The fourth-order valence-electron chi connectivity index (χ4n) is 2.30. The molecule has 1 unspecified atom stereocenters. The summed E-state index contributed by atoms with van der Waals surface area (Å²) in [5.74, 6) is 0. The van der Waals surface area contributed by atoms with E-state index < -0.39 is 0 Å². The van der Waals surface area contributed by atoms with Crippen molar-refractivity contribution in [1.29, 1.82) is 0 Å². The number of nitrogens with one attached hydrogen (secondary N) is 2. The van der Waals surface area contributed by atoms with Crippen molar-refractivity contribution in [3.05, 3.63) is 47.1 Å². The first-order valence-electron chi connectivity index (χ1n) is 6.71. The molecule has 0 radical (unpaired) electrons. The predicted molar refractivity (Wildman–Crippen MR) is 76.8 cm³/mol. The van der Waals surface area contributed by atoms with Crippen molar-refractivity contribution in [2.75, 3.05) is 5.32 Å². The number of imidazole rings is 1. The highest BCUT2D eigenvalue weighted by molar-refractivity contribution is 5.49. The van der Waals surface area contributed by atoms with Crippen LogP contribution in [0.15, 0.2) is 41.5 Å². The van der Waals surface area contributed by atoms with Gasteiger partial charge < -0.3 is 10.3 Å². The molecular weight excluding hydrogens is 238 g/mol. The van der Waals surface area contributed by atoms with Crippen LogP contribution < -0.4 is 11.0 Å². The van der Waals surface area contributed by atoms with Crippen LogP contribution in [0.1, 0.15) is 26.7 Å². The summed E-state index contributed by atoms with van der Waals surface area (Å²) in [6, 6.07) is 8.45. The smallest absolute Gasteiger partial charge is 0.330 e. The lowest BCUT2D eigenvalue weighted by atomic mass is 10.0. The number of aromatic amines is 1. The van der Waals surface area contributed by atoms with Crippen LogP contribution in [0, 0.1) is 5.41 Å². The molecule has 0 bridgehead atoms. The van der Waals surface area contributed by atoms with Crippen molar-refractivity contribution in [2.24, 2.45) is 5.41 Å². The molecular formula is C15H19N3O. The van der Waals surface area contributed by atoms with Crippen LogP contribution in [0.4, 0.5) is 5.69 Å². The number of benzene rings is 1. The Labute approximate surface area is 112 Å². The average molecular weight is 257 g/mol. The molecule has 1 aromatic carbocycles. The maximum atomic E-state index is 11.5. The first-order chi connectivity index (χ1) is 9.08. The minimum Gasteiger partial charge on any atom is -0.382 e. The molecule has 19 heavy (non-hydrogen) atoms. The van der Waals surface area contributed by atoms with Gasteiger partial charge in [-0.1, -0.05) is 6.92 Å². The van der Waals surface area contributed by atoms with Crippen molar-refractivity contribution in [2.45, 2.75) is 32.7 Å². The van der Waals surface area contributed by atoms with Crippen LogP contribution >= 0.6 is 0 Å². The molecule has 4 nitrogen and oxygen atoms in total. The monoisotopic (exact) mass is 257 g/mol. The largest absolute Gasteiger partial charge is 0.382 e. The highest BCUT2D eigenvalue weighted by Gasteiger charge is 2.42. The topological polar surface area (TPSA) is 49.8 Å². The number of nitrogens with zero attached hydrogens (tertiary/aromatic N) is 1. The number of hydrogen-bond acceptors (Lipinski definition) is 2. The molecule has 1 heterocycles. The number of hydrogen-bond donors (Lipinski definition) is 2. The molecule has 1 saturated carbocycles. The number of anilines is 1. The molecule has 2 aromatic rings. The van der Waals surface area contributed by atoms with Gasteiger partial charge in [0.2, 0.25) is 0 Å². The lowest BCUT2D eigenvalue weighted by Gasteiger charge is -2.21. The summed E-state index contributed by atoms with van der Waals surface area (Å²) in [5.41, 5.74) is 2.32. The fraction of sp³-hybridized carbons (Fsp3) is 0.400. The summed E-state index contributed by atoms with van der Waals surface area (Å²) < 4.78 is 1.59. The van der Waals surface area contributed by atoms with Gasteiger partial charge in [-0.05, 0) is 49.4 Å². The molecule has 100 valence electrons. The van der Waals surface area contributed by atoms with Gasteiger partial charge in [0.1, 0.15) is 0 Å². The second-order valence-corrected chi connectivity index (χ2v) is 5.70. The third-order valence-electron chi connectivity index (χ3n) is 4.26. The lowest BCUT2D eigenvalue weighted by molar-refractivity contribution is 0.493. The van der Waals surface area contributed by atoms with Crippen LogP contribution in [0.5, 0.6) is 0 Å². The molecule has 0 spiro atoms. The Hall–Kier alpha value is -1.97. The highest BCUT2D eigenvalue weighted by atomic mass is 16.1. The molecule has 0 saturated heterocycles. The summed E-state index contributed by atoms with van der Waals surface area (Å²) in [6.07, 6.45) is 5.99. The zero-order chi connectivity index (χ0) is 13.5. The van der Waals surface area contributed by atoms with Gasteiger partial charge in [-0.15, -0.1) is 0 Å². The standard InChI is InChI=1S/C15H19N3O/c1-11(15(2)7-8-15)17-12-3-5-13(6-4-12)18-10-9-16-14(18)19/h3-6,9-11,17H,7-8H2,1-2H3,(H,16,19). The summed E-state index contributed by atoms with van der Waals surface area (Å²) in [4.78, 5) is 14.1. The Kier molecular flexibility index (Phi) is 2.73. The maximum absolute atomic E-state index is 11.5. The van der Waals surface area contributed by atoms with Crippen molar-refractivity contribution in [3.8, 4) is 5.69 Å². The first kappa shape index (κ1) is 12.1. The predicted octanol–water partition coefficient (Wildman–Crippen LogP) is 2.77. The normalized spacial score (nSPS) is 18.0. The second kappa shape index (κ2) is 4.30. The minimum absolute atomic E-state index is 0.112. The summed E-state index contributed by atoms with van der Waals surface area (Å²) in [6.45, 7) is 4.55. The van der Waals surface area contributed by atoms with E-state index in [1.165, 1.54) is 12.8 Å². The second-order valence-electron chi connectivity index (χ2n) is 5.70. The summed E-state index contributed by atoms with van der Waals surface area (Å²) in [7, 11) is 0. The van der Waals surface area contributed by atoms with E-state index in [0.29, 0.717) is 11.5 Å². The van der Waals surface area contributed by atoms with Crippen molar-refractivity contribution < 1.29 is 0 Å².